The second-order valence-electron chi connectivity index (χ2n) is 5.61. The summed E-state index contributed by atoms with van der Waals surface area (Å²) in [7, 11) is 0. The van der Waals surface area contributed by atoms with Gasteiger partial charge in [-0.15, -0.1) is 0 Å². The van der Waals surface area contributed by atoms with Crippen LogP contribution in [0.25, 0.3) is 10.8 Å². The third-order valence-corrected chi connectivity index (χ3v) is 3.79. The number of hydrogen-bond acceptors (Lipinski definition) is 4. The minimum Gasteiger partial charge on any atom is -0.493 e. The molecule has 0 bridgehead atoms. The molecule has 0 aliphatic heterocycles. The van der Waals surface area contributed by atoms with Crippen LogP contribution in [-0.2, 0) is 9.59 Å². The summed E-state index contributed by atoms with van der Waals surface area (Å²) in [6.45, 7) is 6.18. The number of nitrogens with one attached hydrogen (secondary N) is 2. The summed E-state index contributed by atoms with van der Waals surface area (Å²) in [6.07, 6.45) is 2.25. The van der Waals surface area contributed by atoms with Gasteiger partial charge in [-0.2, -0.15) is 5.10 Å². The largest absolute Gasteiger partial charge is 0.493 e. The number of hydrogen-bond donors (Lipinski definition) is 2. The Bertz CT molecular complexity index is 787. The number of fused-ring (bicyclic) bond motifs is 1. The van der Waals surface area contributed by atoms with Gasteiger partial charge >= 0.3 is 11.8 Å². The molecule has 0 heterocycles. The van der Waals surface area contributed by atoms with E-state index in [1.165, 1.54) is 6.21 Å². The van der Waals surface area contributed by atoms with Crippen molar-refractivity contribution in [1.29, 1.82) is 0 Å². The second kappa shape index (κ2) is 8.82. The zero-order valence-electron chi connectivity index (χ0n) is 14.7. The molecule has 0 spiro atoms. The second-order valence-corrected chi connectivity index (χ2v) is 5.61. The number of hydrazone groups is 1. The van der Waals surface area contributed by atoms with Crippen LogP contribution in [0, 0.1) is 0 Å². The normalized spacial score (nSPS) is 12.1. The van der Waals surface area contributed by atoms with Gasteiger partial charge in [0.15, 0.2) is 0 Å². The molecule has 2 N–H and O–H groups in total. The predicted molar refractivity (Wildman–Crippen MR) is 98.7 cm³/mol. The van der Waals surface area contributed by atoms with E-state index in [0.29, 0.717) is 12.4 Å². The Morgan fingerprint density at radius 3 is 2.64 bits per heavy atom. The lowest BCUT2D eigenvalue weighted by Crippen LogP contribution is -2.41. The lowest BCUT2D eigenvalue weighted by Gasteiger charge is -2.11. The topological polar surface area (TPSA) is 79.8 Å². The summed E-state index contributed by atoms with van der Waals surface area (Å²) in [6, 6.07) is 11.6. The van der Waals surface area contributed by atoms with E-state index in [1.54, 1.807) is 0 Å². The molecule has 0 saturated heterocycles. The van der Waals surface area contributed by atoms with E-state index >= 15 is 0 Å². The Labute approximate surface area is 147 Å². The fourth-order valence-electron chi connectivity index (χ4n) is 2.29. The van der Waals surface area contributed by atoms with Crippen LogP contribution < -0.4 is 15.5 Å². The molecule has 0 radical (unpaired) electrons. The summed E-state index contributed by atoms with van der Waals surface area (Å²) in [5.41, 5.74) is 3.01. The van der Waals surface area contributed by atoms with Crippen molar-refractivity contribution in [3.8, 4) is 5.75 Å². The van der Waals surface area contributed by atoms with Crippen molar-refractivity contribution in [2.75, 3.05) is 6.61 Å². The fraction of sp³-hybridized carbons (Fsp3) is 0.316. The van der Waals surface area contributed by atoms with E-state index in [9.17, 15) is 9.59 Å². The van der Waals surface area contributed by atoms with Crippen LogP contribution in [-0.4, -0.2) is 30.7 Å². The summed E-state index contributed by atoms with van der Waals surface area (Å²) >= 11 is 0. The first-order valence-electron chi connectivity index (χ1n) is 8.35. The van der Waals surface area contributed by atoms with Gasteiger partial charge < -0.3 is 10.1 Å². The molecule has 2 amide bonds. The maximum atomic E-state index is 11.8. The minimum atomic E-state index is -0.797. The molecule has 1 atom stereocenters. The molecule has 0 aliphatic carbocycles. The first-order valence-corrected chi connectivity index (χ1v) is 8.35. The van der Waals surface area contributed by atoms with E-state index in [0.717, 1.165) is 22.8 Å². The Balaban J connectivity index is 2.18. The van der Waals surface area contributed by atoms with E-state index in [1.807, 2.05) is 57.2 Å². The molecule has 2 aromatic rings. The SMILES string of the molecule is CCOc1ccc2ccccc2c1/C=N\NC(=O)C(=O)N[C@H](C)CC. The van der Waals surface area contributed by atoms with Crippen LogP contribution >= 0.6 is 0 Å². The van der Waals surface area contributed by atoms with Gasteiger partial charge in [0, 0.05) is 11.6 Å². The lowest BCUT2D eigenvalue weighted by molar-refractivity contribution is -0.139. The summed E-state index contributed by atoms with van der Waals surface area (Å²) in [5, 5.41) is 8.50. The number of amides is 2. The molecular weight excluding hydrogens is 318 g/mol. The number of carbonyl (C=O) groups excluding carboxylic acids is 2. The maximum absolute atomic E-state index is 11.8. The van der Waals surface area contributed by atoms with Gasteiger partial charge in [0.1, 0.15) is 5.75 Å². The minimum absolute atomic E-state index is 0.0650. The highest BCUT2D eigenvalue weighted by Crippen LogP contribution is 2.26. The zero-order valence-corrected chi connectivity index (χ0v) is 14.7. The average molecular weight is 341 g/mol. The third-order valence-electron chi connectivity index (χ3n) is 3.79. The van der Waals surface area contributed by atoms with Crippen molar-refractivity contribution in [1.82, 2.24) is 10.7 Å². The van der Waals surface area contributed by atoms with Crippen molar-refractivity contribution in [2.45, 2.75) is 33.2 Å². The van der Waals surface area contributed by atoms with Gasteiger partial charge in [-0.1, -0.05) is 37.3 Å². The van der Waals surface area contributed by atoms with E-state index in [4.69, 9.17) is 4.74 Å². The van der Waals surface area contributed by atoms with Crippen molar-refractivity contribution in [3.63, 3.8) is 0 Å². The van der Waals surface area contributed by atoms with Crippen molar-refractivity contribution in [3.05, 3.63) is 42.0 Å². The highest BCUT2D eigenvalue weighted by Gasteiger charge is 2.14. The van der Waals surface area contributed by atoms with Crippen LogP contribution in [0.1, 0.15) is 32.8 Å². The van der Waals surface area contributed by atoms with Gasteiger partial charge in [0.25, 0.3) is 0 Å². The van der Waals surface area contributed by atoms with Crippen molar-refractivity contribution < 1.29 is 14.3 Å². The van der Waals surface area contributed by atoms with Crippen LogP contribution in [0.4, 0.5) is 0 Å². The maximum Gasteiger partial charge on any atom is 0.329 e. The summed E-state index contributed by atoms with van der Waals surface area (Å²) in [4.78, 5) is 23.5. The number of carbonyl (C=O) groups is 2. The molecule has 132 valence electrons. The number of rotatable bonds is 6. The van der Waals surface area contributed by atoms with Crippen molar-refractivity contribution in [2.24, 2.45) is 5.10 Å². The molecule has 0 fully saturated rings. The summed E-state index contributed by atoms with van der Waals surface area (Å²) in [5.74, 6) is -0.826. The van der Waals surface area contributed by atoms with E-state index in [2.05, 4.69) is 15.8 Å². The predicted octanol–water partition coefficient (Wildman–Crippen LogP) is 2.60. The van der Waals surface area contributed by atoms with Crippen molar-refractivity contribution >= 4 is 28.8 Å². The highest BCUT2D eigenvalue weighted by atomic mass is 16.5. The molecule has 2 rings (SSSR count). The van der Waals surface area contributed by atoms with Gasteiger partial charge in [0.2, 0.25) is 0 Å². The van der Waals surface area contributed by atoms with Gasteiger partial charge in [-0.05, 0) is 37.1 Å². The monoisotopic (exact) mass is 341 g/mol. The van der Waals surface area contributed by atoms with E-state index in [-0.39, 0.29) is 6.04 Å². The molecule has 2 aromatic carbocycles. The molecule has 6 nitrogen and oxygen atoms in total. The zero-order chi connectivity index (χ0) is 18.2. The molecule has 0 unspecified atom stereocenters. The summed E-state index contributed by atoms with van der Waals surface area (Å²) < 4.78 is 5.63. The van der Waals surface area contributed by atoms with Crippen LogP contribution in [0.3, 0.4) is 0 Å². The van der Waals surface area contributed by atoms with E-state index < -0.39 is 11.8 Å². The van der Waals surface area contributed by atoms with Gasteiger partial charge in [0.05, 0.1) is 12.8 Å². The molecule has 0 saturated carbocycles. The molecular formula is C19H23N3O3. The van der Waals surface area contributed by atoms with Crippen LogP contribution in [0.15, 0.2) is 41.5 Å². The lowest BCUT2D eigenvalue weighted by atomic mass is 10.0. The number of benzene rings is 2. The van der Waals surface area contributed by atoms with Crippen LogP contribution in [0.2, 0.25) is 0 Å². The molecule has 0 aliphatic rings. The number of ether oxygens (including phenoxy) is 1. The quantitative estimate of drug-likeness (QED) is 0.481. The standard InChI is InChI=1S/C19H23N3O3/c1-4-13(3)21-18(23)19(24)22-20-12-16-15-9-7-6-8-14(15)10-11-17(16)25-5-2/h6-13H,4-5H2,1-3H3,(H,21,23)(H,22,24)/b20-12-/t13-/m1/s1. The van der Waals surface area contributed by atoms with Crippen LogP contribution in [0.5, 0.6) is 5.75 Å². The Morgan fingerprint density at radius 1 is 1.16 bits per heavy atom. The first kappa shape index (κ1) is 18.4. The first-order chi connectivity index (χ1) is 12.1. The average Bonchev–Trinajstić information content (AvgIpc) is 2.62. The number of nitrogens with zero attached hydrogens (tertiary/aromatic N) is 1. The third kappa shape index (κ3) is 4.79. The smallest absolute Gasteiger partial charge is 0.329 e. The van der Waals surface area contributed by atoms with Gasteiger partial charge in [-0.25, -0.2) is 5.43 Å². The molecule has 0 aromatic heterocycles. The Morgan fingerprint density at radius 2 is 1.92 bits per heavy atom. The Hall–Kier alpha value is -2.89. The highest BCUT2D eigenvalue weighted by molar-refractivity contribution is 6.35. The fourth-order valence-corrected chi connectivity index (χ4v) is 2.29. The molecule has 25 heavy (non-hydrogen) atoms. The van der Waals surface area contributed by atoms with Gasteiger partial charge in [-0.3, -0.25) is 9.59 Å². The molecule has 6 heteroatoms. The Kier molecular flexibility index (Phi) is 6.51.